The number of nitriles is 1. The van der Waals surface area contributed by atoms with Crippen molar-refractivity contribution in [1.82, 2.24) is 9.97 Å². The van der Waals surface area contributed by atoms with E-state index in [4.69, 9.17) is 4.42 Å². The Morgan fingerprint density at radius 2 is 1.93 bits per heavy atom. The molecule has 0 unspecified atom stereocenters. The van der Waals surface area contributed by atoms with E-state index in [1.54, 1.807) is 30.3 Å². The molecule has 0 bridgehead atoms. The zero-order chi connectivity index (χ0) is 18.8. The van der Waals surface area contributed by atoms with Gasteiger partial charge in [-0.3, -0.25) is 10.1 Å². The SMILES string of the molecule is N#C/C(=C/c1ccc(-c2ccc([N+](=O)[O-])cc2)o1)c1nc2ccccc2[nH]1. The number of allylic oxidation sites excluding steroid dienone is 1. The van der Waals surface area contributed by atoms with Crippen molar-refractivity contribution < 1.29 is 9.34 Å². The summed E-state index contributed by atoms with van der Waals surface area (Å²) in [6.45, 7) is 0. The summed E-state index contributed by atoms with van der Waals surface area (Å²) in [4.78, 5) is 17.8. The number of furan rings is 1. The number of imidazole rings is 1. The van der Waals surface area contributed by atoms with Gasteiger partial charge in [0, 0.05) is 23.8 Å². The molecule has 1 N–H and O–H groups in total. The predicted octanol–water partition coefficient (Wildman–Crippen LogP) is 4.80. The molecular weight excluding hydrogens is 344 g/mol. The lowest BCUT2D eigenvalue weighted by molar-refractivity contribution is -0.384. The highest BCUT2D eigenvalue weighted by Crippen LogP contribution is 2.26. The van der Waals surface area contributed by atoms with Crippen molar-refractivity contribution in [3.8, 4) is 17.4 Å². The molecule has 0 fully saturated rings. The first-order valence-corrected chi connectivity index (χ1v) is 8.05. The molecule has 2 aromatic carbocycles. The Balaban J connectivity index is 1.65. The van der Waals surface area contributed by atoms with Gasteiger partial charge in [0.15, 0.2) is 0 Å². The number of nitrogens with one attached hydrogen (secondary N) is 1. The molecule has 7 heteroatoms. The quantitative estimate of drug-likeness (QED) is 0.321. The molecule has 0 saturated heterocycles. The van der Waals surface area contributed by atoms with Crippen molar-refractivity contribution >= 4 is 28.4 Å². The van der Waals surface area contributed by atoms with Crippen LogP contribution in [0.3, 0.4) is 0 Å². The molecule has 0 saturated carbocycles. The summed E-state index contributed by atoms with van der Waals surface area (Å²) in [7, 11) is 0. The van der Waals surface area contributed by atoms with Crippen molar-refractivity contribution in [3.63, 3.8) is 0 Å². The topological polar surface area (TPSA) is 109 Å². The fourth-order valence-corrected chi connectivity index (χ4v) is 2.71. The number of nitro benzene ring substituents is 1. The van der Waals surface area contributed by atoms with Gasteiger partial charge >= 0.3 is 0 Å². The highest BCUT2D eigenvalue weighted by atomic mass is 16.6. The first kappa shape index (κ1) is 16.3. The van der Waals surface area contributed by atoms with Crippen molar-refractivity contribution in [2.45, 2.75) is 0 Å². The number of non-ortho nitro benzene ring substituents is 1. The number of nitrogens with zero attached hydrogens (tertiary/aromatic N) is 3. The molecular formula is C20H12N4O3. The highest BCUT2D eigenvalue weighted by molar-refractivity contribution is 5.89. The van der Waals surface area contributed by atoms with Gasteiger partial charge in [-0.05, 0) is 36.4 Å². The largest absolute Gasteiger partial charge is 0.457 e. The maximum absolute atomic E-state index is 10.7. The minimum absolute atomic E-state index is 0.0158. The Kier molecular flexibility index (Phi) is 3.99. The lowest BCUT2D eigenvalue weighted by Gasteiger charge is -1.97. The maximum atomic E-state index is 10.7. The van der Waals surface area contributed by atoms with E-state index in [0.29, 0.717) is 28.5 Å². The van der Waals surface area contributed by atoms with Crippen LogP contribution in [0.1, 0.15) is 11.6 Å². The Bertz CT molecular complexity index is 1180. The standard InChI is InChI=1S/C20H12N4O3/c21-12-14(20-22-17-3-1-2-4-18(17)23-20)11-16-9-10-19(27-16)13-5-7-15(8-6-13)24(25)26/h1-11H,(H,22,23)/b14-11-. The molecule has 0 spiro atoms. The van der Waals surface area contributed by atoms with E-state index in [1.807, 2.05) is 24.3 Å². The number of H-pyrrole nitrogens is 1. The molecule has 2 heterocycles. The molecule has 0 atom stereocenters. The van der Waals surface area contributed by atoms with Gasteiger partial charge in [-0.2, -0.15) is 5.26 Å². The Hall–Kier alpha value is -4.18. The average molecular weight is 356 g/mol. The van der Waals surface area contributed by atoms with Gasteiger partial charge in [-0.15, -0.1) is 0 Å². The van der Waals surface area contributed by atoms with E-state index in [2.05, 4.69) is 16.0 Å². The molecule has 0 amide bonds. The minimum Gasteiger partial charge on any atom is -0.457 e. The van der Waals surface area contributed by atoms with Crippen molar-refractivity contribution in [2.24, 2.45) is 0 Å². The molecule has 2 aromatic heterocycles. The van der Waals surface area contributed by atoms with Crippen LogP contribution in [0.15, 0.2) is 65.1 Å². The third-order valence-corrected chi connectivity index (χ3v) is 4.04. The van der Waals surface area contributed by atoms with Crippen molar-refractivity contribution in [2.75, 3.05) is 0 Å². The van der Waals surface area contributed by atoms with Gasteiger partial charge in [0.05, 0.1) is 21.5 Å². The van der Waals surface area contributed by atoms with E-state index < -0.39 is 4.92 Å². The fraction of sp³-hybridized carbons (Fsp3) is 0. The van der Waals surface area contributed by atoms with Crippen LogP contribution >= 0.6 is 0 Å². The molecule has 27 heavy (non-hydrogen) atoms. The summed E-state index contributed by atoms with van der Waals surface area (Å²) in [5, 5.41) is 20.2. The molecule has 7 nitrogen and oxygen atoms in total. The maximum Gasteiger partial charge on any atom is 0.269 e. The number of para-hydroxylation sites is 2. The van der Waals surface area contributed by atoms with Crippen LogP contribution in [0, 0.1) is 21.4 Å². The van der Waals surface area contributed by atoms with Crippen LogP contribution in [0.2, 0.25) is 0 Å². The van der Waals surface area contributed by atoms with Crippen LogP contribution in [0.5, 0.6) is 0 Å². The summed E-state index contributed by atoms with van der Waals surface area (Å²) in [6, 6.07) is 19.2. The second kappa shape index (κ2) is 6.61. The molecule has 0 aliphatic heterocycles. The predicted molar refractivity (Wildman–Crippen MR) is 100 cm³/mol. The number of nitro groups is 1. The van der Waals surface area contributed by atoms with Crippen molar-refractivity contribution in [3.05, 3.63) is 82.4 Å². The van der Waals surface area contributed by atoms with Crippen LogP contribution in [0.4, 0.5) is 5.69 Å². The number of benzene rings is 2. The molecule has 4 rings (SSSR count). The van der Waals surface area contributed by atoms with Gasteiger partial charge in [0.2, 0.25) is 0 Å². The highest BCUT2D eigenvalue weighted by Gasteiger charge is 2.11. The summed E-state index contributed by atoms with van der Waals surface area (Å²) < 4.78 is 5.76. The Morgan fingerprint density at radius 1 is 1.15 bits per heavy atom. The van der Waals surface area contributed by atoms with Gasteiger partial charge in [-0.1, -0.05) is 12.1 Å². The second-order valence-corrected chi connectivity index (χ2v) is 5.78. The first-order chi connectivity index (χ1) is 13.1. The average Bonchev–Trinajstić information content (AvgIpc) is 3.33. The summed E-state index contributed by atoms with van der Waals surface area (Å²) in [6.07, 6.45) is 1.60. The van der Waals surface area contributed by atoms with Gasteiger partial charge in [0.1, 0.15) is 23.4 Å². The third kappa shape index (κ3) is 3.19. The Morgan fingerprint density at radius 3 is 2.63 bits per heavy atom. The zero-order valence-corrected chi connectivity index (χ0v) is 13.9. The fourth-order valence-electron chi connectivity index (χ4n) is 2.71. The summed E-state index contributed by atoms with van der Waals surface area (Å²) in [5.74, 6) is 1.50. The number of aromatic nitrogens is 2. The molecule has 130 valence electrons. The molecule has 0 aliphatic rings. The minimum atomic E-state index is -0.452. The van der Waals surface area contributed by atoms with E-state index in [-0.39, 0.29) is 5.69 Å². The van der Waals surface area contributed by atoms with Crippen LogP contribution in [-0.4, -0.2) is 14.9 Å². The van der Waals surface area contributed by atoms with Crippen molar-refractivity contribution in [1.29, 1.82) is 5.26 Å². The second-order valence-electron chi connectivity index (χ2n) is 5.78. The molecule has 0 radical (unpaired) electrons. The zero-order valence-electron chi connectivity index (χ0n) is 13.9. The number of hydrogen-bond donors (Lipinski definition) is 1. The smallest absolute Gasteiger partial charge is 0.269 e. The van der Waals surface area contributed by atoms with Crippen LogP contribution in [-0.2, 0) is 0 Å². The van der Waals surface area contributed by atoms with Crippen LogP contribution < -0.4 is 0 Å². The van der Waals surface area contributed by atoms with E-state index >= 15 is 0 Å². The van der Waals surface area contributed by atoms with Crippen LogP contribution in [0.25, 0.3) is 34.0 Å². The lowest BCUT2D eigenvalue weighted by atomic mass is 10.1. The van der Waals surface area contributed by atoms with E-state index in [9.17, 15) is 15.4 Å². The van der Waals surface area contributed by atoms with Gasteiger partial charge in [-0.25, -0.2) is 4.98 Å². The van der Waals surface area contributed by atoms with E-state index in [1.165, 1.54) is 12.1 Å². The third-order valence-electron chi connectivity index (χ3n) is 4.04. The van der Waals surface area contributed by atoms with Gasteiger partial charge in [0.25, 0.3) is 5.69 Å². The number of rotatable bonds is 4. The first-order valence-electron chi connectivity index (χ1n) is 8.05. The molecule has 0 aliphatic carbocycles. The number of aromatic amines is 1. The summed E-state index contributed by atoms with van der Waals surface area (Å²) >= 11 is 0. The normalized spacial score (nSPS) is 11.4. The number of hydrogen-bond acceptors (Lipinski definition) is 5. The summed E-state index contributed by atoms with van der Waals surface area (Å²) in [5.41, 5.74) is 2.69. The lowest BCUT2D eigenvalue weighted by Crippen LogP contribution is -1.86. The Labute approximate surface area is 153 Å². The monoisotopic (exact) mass is 356 g/mol. The van der Waals surface area contributed by atoms with E-state index in [0.717, 1.165) is 11.0 Å². The molecule has 4 aromatic rings. The number of fused-ring (bicyclic) bond motifs is 1. The van der Waals surface area contributed by atoms with Gasteiger partial charge < -0.3 is 9.40 Å².